The number of hydrogen-bond acceptors (Lipinski definition) is 7. The quantitative estimate of drug-likeness (QED) is 0.260. The maximum absolute atomic E-state index is 12.3. The molecule has 0 saturated carbocycles. The second kappa shape index (κ2) is 6.48. The van der Waals surface area contributed by atoms with E-state index < -0.39 is 16.9 Å². The van der Waals surface area contributed by atoms with Crippen LogP contribution in [0, 0.1) is 16.0 Å². The number of ether oxygens (including phenoxy) is 1. The number of esters is 1. The van der Waals surface area contributed by atoms with Crippen LogP contribution in [0.4, 0.5) is 5.69 Å². The lowest BCUT2D eigenvalue weighted by molar-refractivity contribution is -0.384. The third kappa shape index (κ3) is 2.78. The molecule has 2 aliphatic rings. The van der Waals surface area contributed by atoms with Crippen LogP contribution < -0.4 is 0 Å². The van der Waals surface area contributed by atoms with Gasteiger partial charge in [0.2, 0.25) is 5.91 Å². The van der Waals surface area contributed by atoms with Crippen LogP contribution in [0.2, 0.25) is 0 Å². The molecular weight excluding hydrogens is 352 g/mol. The maximum atomic E-state index is 12.3. The molecule has 1 amide bonds. The molecular formula is C15H14N2O5S2. The zero-order chi connectivity index (χ0) is 17.4. The van der Waals surface area contributed by atoms with Crippen LogP contribution in [-0.2, 0) is 20.9 Å². The van der Waals surface area contributed by atoms with Gasteiger partial charge in [-0.1, -0.05) is 30.9 Å². The molecule has 0 spiro atoms. The fourth-order valence-electron chi connectivity index (χ4n) is 2.79. The third-order valence-corrected chi connectivity index (χ3v) is 5.88. The number of benzene rings is 1. The van der Waals surface area contributed by atoms with E-state index in [1.54, 1.807) is 0 Å². The Labute approximate surface area is 147 Å². The number of nitro benzene ring substituents is 1. The minimum atomic E-state index is -0.816. The number of thioether (sulfide) groups is 1. The first-order chi connectivity index (χ1) is 11.4. The largest absolute Gasteiger partial charge is 0.459 e. The Balaban J connectivity index is 1.62. The fraction of sp³-hybridized carbons (Fsp3) is 0.400. The van der Waals surface area contributed by atoms with Crippen molar-refractivity contribution in [2.75, 3.05) is 0 Å². The number of β-lactam (4-membered cyclic amide) rings is 1. The predicted octanol–water partition coefficient (Wildman–Crippen LogP) is 2.28. The highest BCUT2D eigenvalue weighted by atomic mass is 32.2. The highest BCUT2D eigenvalue weighted by Crippen LogP contribution is 2.46. The van der Waals surface area contributed by atoms with Crippen molar-refractivity contribution < 1.29 is 19.2 Å². The molecule has 0 radical (unpaired) electrons. The van der Waals surface area contributed by atoms with E-state index in [-0.39, 0.29) is 29.5 Å². The van der Waals surface area contributed by atoms with Crippen LogP contribution >= 0.6 is 24.0 Å². The summed E-state index contributed by atoms with van der Waals surface area (Å²) in [6.07, 6.45) is 0.722. The van der Waals surface area contributed by atoms with E-state index in [2.05, 4.69) is 0 Å². The molecule has 9 heteroatoms. The van der Waals surface area contributed by atoms with Crippen molar-refractivity contribution in [3.8, 4) is 0 Å². The Kier molecular flexibility index (Phi) is 4.55. The summed E-state index contributed by atoms with van der Waals surface area (Å²) in [6, 6.07) is 4.93. The normalized spacial score (nSPS) is 25.2. The molecule has 0 N–H and O–H groups in total. The summed E-state index contributed by atoms with van der Waals surface area (Å²) in [4.78, 5) is 36.0. The van der Waals surface area contributed by atoms with Gasteiger partial charge in [-0.25, -0.2) is 4.79 Å². The summed E-state index contributed by atoms with van der Waals surface area (Å²) in [6.45, 7) is 1.91. The van der Waals surface area contributed by atoms with E-state index in [0.29, 0.717) is 9.76 Å². The Morgan fingerprint density at radius 2 is 2.08 bits per heavy atom. The third-order valence-electron chi connectivity index (χ3n) is 4.12. The van der Waals surface area contributed by atoms with E-state index in [9.17, 15) is 19.7 Å². The van der Waals surface area contributed by atoms with Gasteiger partial charge in [-0.05, 0) is 24.1 Å². The standard InChI is InChI=1S/C15H14N2O5S2/c1-2-10-12(18)16-11(15(23)24-13(10)16)14(19)22-7-8-3-5-9(6-4-8)17(20)21/h3-6,10-11,13H,2,7H2,1H3. The van der Waals surface area contributed by atoms with E-state index in [0.717, 1.165) is 6.42 Å². The zero-order valence-corrected chi connectivity index (χ0v) is 14.3. The van der Waals surface area contributed by atoms with Crippen molar-refractivity contribution in [1.82, 2.24) is 4.90 Å². The van der Waals surface area contributed by atoms with E-state index in [4.69, 9.17) is 17.0 Å². The highest BCUT2D eigenvalue weighted by molar-refractivity contribution is 8.24. The topological polar surface area (TPSA) is 89.8 Å². The summed E-state index contributed by atoms with van der Waals surface area (Å²) in [5, 5.41) is 10.5. The maximum Gasteiger partial charge on any atom is 0.335 e. The lowest BCUT2D eigenvalue weighted by Crippen LogP contribution is -2.61. The number of thiocarbonyl (C=S) groups is 1. The number of nitrogens with zero attached hydrogens (tertiary/aromatic N) is 2. The first-order valence-electron chi connectivity index (χ1n) is 7.36. The van der Waals surface area contributed by atoms with Crippen molar-refractivity contribution in [1.29, 1.82) is 0 Å². The van der Waals surface area contributed by atoms with Crippen molar-refractivity contribution >= 4 is 45.7 Å². The van der Waals surface area contributed by atoms with Crippen molar-refractivity contribution in [2.24, 2.45) is 5.92 Å². The van der Waals surface area contributed by atoms with Crippen LogP contribution in [0.15, 0.2) is 24.3 Å². The molecule has 3 atom stereocenters. The van der Waals surface area contributed by atoms with Gasteiger partial charge in [0.15, 0.2) is 6.04 Å². The number of amides is 1. The summed E-state index contributed by atoms with van der Waals surface area (Å²) in [5.74, 6) is -0.705. The molecule has 2 heterocycles. The Hall–Kier alpha value is -2.00. The molecule has 24 heavy (non-hydrogen) atoms. The fourth-order valence-corrected chi connectivity index (χ4v) is 4.69. The molecule has 0 bridgehead atoms. The van der Waals surface area contributed by atoms with Gasteiger partial charge in [-0.3, -0.25) is 14.9 Å². The van der Waals surface area contributed by atoms with Crippen molar-refractivity contribution in [2.45, 2.75) is 31.4 Å². The summed E-state index contributed by atoms with van der Waals surface area (Å²) >= 11 is 6.61. The molecule has 3 unspecified atom stereocenters. The lowest BCUT2D eigenvalue weighted by Gasteiger charge is -2.42. The lowest BCUT2D eigenvalue weighted by atomic mass is 9.94. The molecule has 2 aliphatic heterocycles. The first kappa shape index (κ1) is 16.8. The van der Waals surface area contributed by atoms with E-state index >= 15 is 0 Å². The van der Waals surface area contributed by atoms with Crippen LogP contribution in [0.5, 0.6) is 0 Å². The number of rotatable bonds is 5. The van der Waals surface area contributed by atoms with Crippen molar-refractivity contribution in [3.05, 3.63) is 39.9 Å². The Bertz CT molecular complexity index is 721. The predicted molar refractivity (Wildman–Crippen MR) is 91.3 cm³/mol. The van der Waals surface area contributed by atoms with Gasteiger partial charge in [0.1, 0.15) is 6.61 Å². The molecule has 2 saturated heterocycles. The minimum Gasteiger partial charge on any atom is -0.459 e. The number of nitro groups is 1. The molecule has 7 nitrogen and oxygen atoms in total. The number of hydrogen-bond donors (Lipinski definition) is 0. The summed E-state index contributed by atoms with van der Waals surface area (Å²) in [5.41, 5.74) is 0.599. The second-order valence-corrected chi connectivity index (χ2v) is 7.38. The average molecular weight is 366 g/mol. The molecule has 126 valence electrons. The summed E-state index contributed by atoms with van der Waals surface area (Å²) in [7, 11) is 0. The smallest absolute Gasteiger partial charge is 0.335 e. The minimum absolute atomic E-state index is 0.0233. The van der Waals surface area contributed by atoms with Gasteiger partial charge < -0.3 is 9.64 Å². The number of carbonyl (C=O) groups is 2. The molecule has 0 aliphatic carbocycles. The van der Waals surface area contributed by atoms with Gasteiger partial charge in [0.05, 0.1) is 20.4 Å². The average Bonchev–Trinajstić information content (AvgIpc) is 2.86. The molecule has 3 rings (SSSR count). The number of carbonyl (C=O) groups excluding carboxylic acids is 2. The van der Waals surface area contributed by atoms with E-state index in [1.807, 2.05) is 6.92 Å². The summed E-state index contributed by atoms with van der Waals surface area (Å²) < 4.78 is 5.71. The molecule has 2 fully saturated rings. The van der Waals surface area contributed by atoms with Crippen LogP contribution in [0.3, 0.4) is 0 Å². The number of non-ortho nitro benzene ring substituents is 1. The Morgan fingerprint density at radius 3 is 2.67 bits per heavy atom. The monoisotopic (exact) mass is 366 g/mol. The first-order valence-corrected chi connectivity index (χ1v) is 8.65. The van der Waals surface area contributed by atoms with Crippen molar-refractivity contribution in [3.63, 3.8) is 0 Å². The number of fused-ring (bicyclic) bond motifs is 1. The highest BCUT2D eigenvalue weighted by Gasteiger charge is 2.58. The Morgan fingerprint density at radius 1 is 1.42 bits per heavy atom. The molecule has 0 aromatic heterocycles. The van der Waals surface area contributed by atoms with Gasteiger partial charge >= 0.3 is 5.97 Å². The SMILES string of the molecule is CCC1C(=O)N2C(C(=O)OCc3ccc([N+](=O)[O-])cc3)C(=S)SC12. The van der Waals surface area contributed by atoms with Gasteiger partial charge in [-0.2, -0.15) is 0 Å². The van der Waals surface area contributed by atoms with Gasteiger partial charge in [-0.15, -0.1) is 0 Å². The van der Waals surface area contributed by atoms with E-state index in [1.165, 1.54) is 40.9 Å². The van der Waals surface area contributed by atoms with Crippen LogP contribution in [0.25, 0.3) is 0 Å². The second-order valence-electron chi connectivity index (χ2n) is 5.52. The van der Waals surface area contributed by atoms with Gasteiger partial charge in [0.25, 0.3) is 5.69 Å². The van der Waals surface area contributed by atoms with Gasteiger partial charge in [0, 0.05) is 12.1 Å². The molecule has 1 aromatic carbocycles. The van der Waals surface area contributed by atoms with Crippen LogP contribution in [0.1, 0.15) is 18.9 Å². The van der Waals surface area contributed by atoms with Crippen LogP contribution in [-0.4, -0.2) is 37.3 Å². The zero-order valence-electron chi connectivity index (χ0n) is 12.7. The molecule has 1 aromatic rings.